The van der Waals surface area contributed by atoms with Crippen LogP contribution < -0.4 is 0 Å². The fourth-order valence-corrected chi connectivity index (χ4v) is 1.69. The second kappa shape index (κ2) is 3.22. The smallest absolute Gasteiger partial charge is 0.306 e. The number of hydrogen-bond acceptors (Lipinski definition) is 2. The molecule has 2 N–H and O–H groups in total. The minimum atomic E-state index is -0.767. The molecule has 1 aliphatic rings. The van der Waals surface area contributed by atoms with Crippen molar-refractivity contribution in [2.75, 3.05) is 0 Å². The number of carboxylic acids is 1. The Bertz CT molecular complexity index is 155. The highest BCUT2D eigenvalue weighted by Crippen LogP contribution is 2.29. The minimum absolute atomic E-state index is 0.0822. The lowest BCUT2D eigenvalue weighted by Crippen LogP contribution is -2.34. The number of rotatable bonds is 1. The summed E-state index contributed by atoms with van der Waals surface area (Å²) in [4.78, 5) is 10.6. The Balaban J connectivity index is 2.58. The molecule has 1 saturated carbocycles. The van der Waals surface area contributed by atoms with E-state index in [9.17, 15) is 9.90 Å². The van der Waals surface area contributed by atoms with Gasteiger partial charge in [0.2, 0.25) is 0 Å². The van der Waals surface area contributed by atoms with Gasteiger partial charge in [-0.2, -0.15) is 0 Å². The molecule has 1 fully saturated rings. The van der Waals surface area contributed by atoms with E-state index in [1.54, 1.807) is 0 Å². The van der Waals surface area contributed by atoms with Crippen LogP contribution in [0.4, 0.5) is 0 Å². The lowest BCUT2D eigenvalue weighted by molar-refractivity contribution is -0.147. The summed E-state index contributed by atoms with van der Waals surface area (Å²) in [6.07, 6.45) is 1.89. The van der Waals surface area contributed by atoms with Gasteiger partial charge in [0.05, 0.1) is 12.0 Å². The van der Waals surface area contributed by atoms with Gasteiger partial charge >= 0.3 is 5.97 Å². The molecule has 64 valence electrons. The van der Waals surface area contributed by atoms with Crippen molar-refractivity contribution in [1.29, 1.82) is 0 Å². The Hall–Kier alpha value is -0.570. The normalized spacial score (nSPS) is 38.5. The van der Waals surface area contributed by atoms with Crippen LogP contribution in [0.3, 0.4) is 0 Å². The first kappa shape index (κ1) is 8.53. The topological polar surface area (TPSA) is 57.5 Å². The van der Waals surface area contributed by atoms with Crippen LogP contribution in [0.1, 0.15) is 26.2 Å². The van der Waals surface area contributed by atoms with Crippen molar-refractivity contribution >= 4 is 5.97 Å². The quantitative estimate of drug-likeness (QED) is 0.595. The van der Waals surface area contributed by atoms with E-state index in [1.165, 1.54) is 0 Å². The molecule has 0 saturated heterocycles. The molecule has 11 heavy (non-hydrogen) atoms. The molecule has 0 aliphatic heterocycles. The van der Waals surface area contributed by atoms with Crippen LogP contribution in [0.15, 0.2) is 0 Å². The molecule has 0 aromatic rings. The van der Waals surface area contributed by atoms with Gasteiger partial charge in [-0.25, -0.2) is 0 Å². The SMILES string of the molecule is C[C@@H]1[C@H](O)CCC[C@@H]1C(=O)O. The zero-order chi connectivity index (χ0) is 8.43. The Labute approximate surface area is 66.0 Å². The first-order valence-corrected chi connectivity index (χ1v) is 4.04. The minimum Gasteiger partial charge on any atom is -0.481 e. The van der Waals surface area contributed by atoms with Gasteiger partial charge in [0.15, 0.2) is 0 Å². The second-order valence-corrected chi connectivity index (χ2v) is 3.30. The van der Waals surface area contributed by atoms with Gasteiger partial charge in [-0.05, 0) is 25.2 Å². The van der Waals surface area contributed by atoms with Crippen molar-refractivity contribution in [1.82, 2.24) is 0 Å². The van der Waals surface area contributed by atoms with Crippen LogP contribution in [0.5, 0.6) is 0 Å². The summed E-state index contributed by atoms with van der Waals surface area (Å²) in [5, 5.41) is 18.0. The third-order valence-corrected chi connectivity index (χ3v) is 2.57. The largest absolute Gasteiger partial charge is 0.481 e. The molecular formula is C8H14O3. The molecule has 0 unspecified atom stereocenters. The van der Waals surface area contributed by atoms with Gasteiger partial charge in [-0.3, -0.25) is 4.79 Å². The number of carbonyl (C=O) groups is 1. The van der Waals surface area contributed by atoms with Crippen molar-refractivity contribution < 1.29 is 15.0 Å². The average Bonchev–Trinajstić information content (AvgIpc) is 1.94. The zero-order valence-electron chi connectivity index (χ0n) is 6.66. The van der Waals surface area contributed by atoms with Crippen LogP contribution in [0.25, 0.3) is 0 Å². The first-order chi connectivity index (χ1) is 5.13. The molecule has 1 aliphatic carbocycles. The van der Waals surface area contributed by atoms with Crippen LogP contribution in [-0.4, -0.2) is 22.3 Å². The maximum atomic E-state index is 10.6. The lowest BCUT2D eigenvalue weighted by Gasteiger charge is -2.29. The van der Waals surface area contributed by atoms with Crippen LogP contribution in [-0.2, 0) is 4.79 Å². The van der Waals surface area contributed by atoms with Gasteiger partial charge in [0.1, 0.15) is 0 Å². The Morgan fingerprint density at radius 1 is 1.45 bits per heavy atom. The van der Waals surface area contributed by atoms with E-state index in [2.05, 4.69) is 0 Å². The van der Waals surface area contributed by atoms with Crippen molar-refractivity contribution in [2.24, 2.45) is 11.8 Å². The van der Waals surface area contributed by atoms with Gasteiger partial charge in [0, 0.05) is 0 Å². The highest BCUT2D eigenvalue weighted by atomic mass is 16.4. The van der Waals surface area contributed by atoms with Crippen molar-refractivity contribution in [3.8, 4) is 0 Å². The standard InChI is InChI=1S/C8H14O3/c1-5-6(8(10)11)3-2-4-7(5)9/h5-7,9H,2-4H2,1H3,(H,10,11)/t5-,6-,7+/m0/s1. The summed E-state index contributed by atoms with van der Waals surface area (Å²) in [6, 6.07) is 0. The molecule has 0 bridgehead atoms. The van der Waals surface area contributed by atoms with Crippen molar-refractivity contribution in [3.63, 3.8) is 0 Å². The predicted molar refractivity (Wildman–Crippen MR) is 40.1 cm³/mol. The Morgan fingerprint density at radius 2 is 2.09 bits per heavy atom. The third-order valence-electron chi connectivity index (χ3n) is 2.57. The highest BCUT2D eigenvalue weighted by Gasteiger charge is 2.32. The maximum Gasteiger partial charge on any atom is 0.306 e. The van der Waals surface area contributed by atoms with E-state index in [-0.39, 0.29) is 11.8 Å². The predicted octanol–water partition coefficient (Wildman–Crippen LogP) is 0.868. The number of aliphatic hydroxyl groups is 1. The summed E-state index contributed by atoms with van der Waals surface area (Å²) in [5.74, 6) is -1.18. The van der Waals surface area contributed by atoms with Crippen LogP contribution in [0, 0.1) is 11.8 Å². The van der Waals surface area contributed by atoms with E-state index < -0.39 is 12.1 Å². The van der Waals surface area contributed by atoms with Gasteiger partial charge in [-0.15, -0.1) is 0 Å². The fourth-order valence-electron chi connectivity index (χ4n) is 1.69. The monoisotopic (exact) mass is 158 g/mol. The fraction of sp³-hybridized carbons (Fsp3) is 0.875. The van der Waals surface area contributed by atoms with Gasteiger partial charge in [0.25, 0.3) is 0 Å². The maximum absolute atomic E-state index is 10.6. The van der Waals surface area contributed by atoms with E-state index >= 15 is 0 Å². The molecule has 0 amide bonds. The zero-order valence-corrected chi connectivity index (χ0v) is 6.66. The molecule has 3 heteroatoms. The summed E-state index contributed by atoms with van der Waals surface area (Å²) >= 11 is 0. The molecule has 0 heterocycles. The van der Waals surface area contributed by atoms with E-state index in [0.29, 0.717) is 6.42 Å². The second-order valence-electron chi connectivity index (χ2n) is 3.30. The van der Waals surface area contributed by atoms with Crippen molar-refractivity contribution in [2.45, 2.75) is 32.3 Å². The number of carboxylic acid groups (broad SMARTS) is 1. The summed E-state index contributed by atoms with van der Waals surface area (Å²) < 4.78 is 0. The van der Waals surface area contributed by atoms with Gasteiger partial charge in [-0.1, -0.05) is 6.92 Å². The number of aliphatic carboxylic acids is 1. The summed E-state index contributed by atoms with van der Waals surface area (Å²) in [7, 11) is 0. The summed E-state index contributed by atoms with van der Waals surface area (Å²) in [6.45, 7) is 1.81. The molecule has 3 atom stereocenters. The molecular weight excluding hydrogens is 144 g/mol. The highest BCUT2D eigenvalue weighted by molar-refractivity contribution is 5.70. The molecule has 3 nitrogen and oxygen atoms in total. The lowest BCUT2D eigenvalue weighted by atomic mass is 9.78. The van der Waals surface area contributed by atoms with Crippen LogP contribution >= 0.6 is 0 Å². The molecule has 0 aromatic carbocycles. The van der Waals surface area contributed by atoms with E-state index in [1.807, 2.05) is 6.92 Å². The van der Waals surface area contributed by atoms with Crippen LogP contribution in [0.2, 0.25) is 0 Å². The van der Waals surface area contributed by atoms with Gasteiger partial charge < -0.3 is 10.2 Å². The Morgan fingerprint density at radius 3 is 2.55 bits per heavy atom. The molecule has 0 spiro atoms. The molecule has 0 radical (unpaired) electrons. The Kier molecular flexibility index (Phi) is 2.49. The first-order valence-electron chi connectivity index (χ1n) is 4.04. The third kappa shape index (κ3) is 1.71. The number of aliphatic hydroxyl groups excluding tert-OH is 1. The number of hydrogen-bond donors (Lipinski definition) is 2. The van der Waals surface area contributed by atoms with E-state index in [4.69, 9.17) is 5.11 Å². The van der Waals surface area contributed by atoms with Crippen molar-refractivity contribution in [3.05, 3.63) is 0 Å². The summed E-state index contributed by atoms with van der Waals surface area (Å²) in [5.41, 5.74) is 0. The average molecular weight is 158 g/mol. The molecule has 1 rings (SSSR count). The molecule has 0 aromatic heterocycles. The van der Waals surface area contributed by atoms with E-state index in [0.717, 1.165) is 12.8 Å².